The lowest BCUT2D eigenvalue weighted by molar-refractivity contribution is 0.0782. The van der Waals surface area contributed by atoms with Crippen molar-refractivity contribution in [2.45, 2.75) is 19.4 Å². The van der Waals surface area contributed by atoms with Crippen LogP contribution in [0.3, 0.4) is 0 Å². The highest BCUT2D eigenvalue weighted by atomic mass is 32.1. The van der Waals surface area contributed by atoms with Crippen LogP contribution < -0.4 is 0 Å². The third-order valence-corrected chi connectivity index (χ3v) is 3.96. The van der Waals surface area contributed by atoms with Crippen molar-refractivity contribution in [3.8, 4) is 0 Å². The van der Waals surface area contributed by atoms with Crippen LogP contribution in [0, 0.1) is 6.92 Å². The Balaban J connectivity index is 1.70. The lowest BCUT2D eigenvalue weighted by Gasteiger charge is -2.15. The minimum absolute atomic E-state index is 0.0361. The molecule has 3 heterocycles. The van der Waals surface area contributed by atoms with Crippen LogP contribution in [0.5, 0.6) is 0 Å². The van der Waals surface area contributed by atoms with Gasteiger partial charge in [0, 0.05) is 30.9 Å². The largest absolute Gasteiger partial charge is 0.335 e. The molecular formula is C12H14N4OS. The molecule has 3 rings (SSSR count). The Kier molecular flexibility index (Phi) is 2.87. The fraction of sp³-hybridized carbons (Fsp3) is 0.417. The second-order valence-electron chi connectivity index (χ2n) is 4.43. The first kappa shape index (κ1) is 11.4. The molecule has 1 aliphatic heterocycles. The van der Waals surface area contributed by atoms with Crippen molar-refractivity contribution >= 4 is 17.2 Å². The standard InChI is InChI=1S/C12H14N4OS/c1-9-14-11(8-18-9)12(17)15-6-3-10(7-15)16-5-2-4-13-16/h2,4-5,8,10H,3,6-7H2,1H3. The van der Waals surface area contributed by atoms with Crippen molar-refractivity contribution in [3.63, 3.8) is 0 Å². The molecule has 2 aromatic heterocycles. The van der Waals surface area contributed by atoms with Gasteiger partial charge in [0.2, 0.25) is 0 Å². The quantitative estimate of drug-likeness (QED) is 0.828. The van der Waals surface area contributed by atoms with Crippen LogP contribution in [-0.4, -0.2) is 38.7 Å². The summed E-state index contributed by atoms with van der Waals surface area (Å²) in [6.07, 6.45) is 4.68. The van der Waals surface area contributed by atoms with Gasteiger partial charge in [-0.1, -0.05) is 0 Å². The smallest absolute Gasteiger partial charge is 0.273 e. The predicted molar refractivity (Wildman–Crippen MR) is 68.6 cm³/mol. The highest BCUT2D eigenvalue weighted by Crippen LogP contribution is 2.22. The molecule has 1 unspecified atom stereocenters. The average Bonchev–Trinajstić information content (AvgIpc) is 3.09. The molecule has 0 N–H and O–H groups in total. The predicted octanol–water partition coefficient (Wildman–Crippen LogP) is 1.74. The molecule has 1 saturated heterocycles. The molecule has 1 fully saturated rings. The zero-order chi connectivity index (χ0) is 12.5. The monoisotopic (exact) mass is 262 g/mol. The van der Waals surface area contributed by atoms with E-state index in [0.29, 0.717) is 11.7 Å². The molecule has 18 heavy (non-hydrogen) atoms. The first-order valence-corrected chi connectivity index (χ1v) is 6.82. The molecule has 0 saturated carbocycles. The summed E-state index contributed by atoms with van der Waals surface area (Å²) in [6.45, 7) is 3.41. The zero-order valence-electron chi connectivity index (χ0n) is 10.1. The van der Waals surface area contributed by atoms with E-state index in [0.717, 1.165) is 24.5 Å². The highest BCUT2D eigenvalue weighted by molar-refractivity contribution is 7.09. The molecule has 0 aliphatic carbocycles. The number of carbonyl (C=O) groups is 1. The van der Waals surface area contributed by atoms with Gasteiger partial charge in [-0.2, -0.15) is 5.10 Å². The maximum Gasteiger partial charge on any atom is 0.273 e. The highest BCUT2D eigenvalue weighted by Gasteiger charge is 2.29. The summed E-state index contributed by atoms with van der Waals surface area (Å²) in [7, 11) is 0. The minimum Gasteiger partial charge on any atom is -0.335 e. The summed E-state index contributed by atoms with van der Waals surface area (Å²) in [5, 5.41) is 7.00. The summed E-state index contributed by atoms with van der Waals surface area (Å²) in [5.41, 5.74) is 0.568. The molecule has 1 aliphatic rings. The summed E-state index contributed by atoms with van der Waals surface area (Å²) < 4.78 is 1.93. The van der Waals surface area contributed by atoms with Gasteiger partial charge in [-0.25, -0.2) is 4.98 Å². The Morgan fingerprint density at radius 3 is 3.11 bits per heavy atom. The van der Waals surface area contributed by atoms with Gasteiger partial charge in [0.15, 0.2) is 0 Å². The maximum absolute atomic E-state index is 12.2. The lowest BCUT2D eigenvalue weighted by atomic mass is 10.3. The normalized spacial score (nSPS) is 19.4. The summed E-state index contributed by atoms with van der Waals surface area (Å²) >= 11 is 1.51. The van der Waals surface area contributed by atoms with Gasteiger partial charge in [0.05, 0.1) is 11.0 Å². The van der Waals surface area contributed by atoms with E-state index in [1.807, 2.05) is 34.1 Å². The van der Waals surface area contributed by atoms with Crippen molar-refractivity contribution in [2.75, 3.05) is 13.1 Å². The second-order valence-corrected chi connectivity index (χ2v) is 5.49. The van der Waals surface area contributed by atoms with Crippen LogP contribution in [0.1, 0.15) is 28.0 Å². The van der Waals surface area contributed by atoms with Crippen LogP contribution in [0.25, 0.3) is 0 Å². The van der Waals surface area contributed by atoms with Crippen molar-refractivity contribution in [1.29, 1.82) is 0 Å². The Morgan fingerprint density at radius 1 is 1.56 bits per heavy atom. The Bertz CT molecular complexity index is 548. The van der Waals surface area contributed by atoms with E-state index in [4.69, 9.17) is 0 Å². The van der Waals surface area contributed by atoms with Crippen molar-refractivity contribution in [3.05, 3.63) is 34.5 Å². The topological polar surface area (TPSA) is 51.0 Å². The Labute approximate surface area is 109 Å². The van der Waals surface area contributed by atoms with Crippen LogP contribution in [0.2, 0.25) is 0 Å². The molecule has 1 atom stereocenters. The fourth-order valence-electron chi connectivity index (χ4n) is 2.26. The minimum atomic E-state index is 0.0361. The number of amides is 1. The first-order valence-electron chi connectivity index (χ1n) is 5.94. The van der Waals surface area contributed by atoms with Gasteiger partial charge in [0.25, 0.3) is 5.91 Å². The number of rotatable bonds is 2. The van der Waals surface area contributed by atoms with E-state index in [-0.39, 0.29) is 5.91 Å². The van der Waals surface area contributed by atoms with E-state index in [1.165, 1.54) is 11.3 Å². The number of thiazole rings is 1. The Morgan fingerprint density at radius 2 is 2.44 bits per heavy atom. The van der Waals surface area contributed by atoms with Gasteiger partial charge in [-0.3, -0.25) is 9.48 Å². The van der Waals surface area contributed by atoms with Crippen molar-refractivity contribution in [1.82, 2.24) is 19.7 Å². The van der Waals surface area contributed by atoms with Crippen LogP contribution in [0.4, 0.5) is 0 Å². The molecule has 0 radical (unpaired) electrons. The second kappa shape index (κ2) is 4.53. The zero-order valence-corrected chi connectivity index (χ0v) is 10.9. The average molecular weight is 262 g/mol. The van der Waals surface area contributed by atoms with Crippen molar-refractivity contribution < 1.29 is 4.79 Å². The molecule has 0 bridgehead atoms. The molecule has 2 aromatic rings. The van der Waals surface area contributed by atoms with E-state index in [1.54, 1.807) is 6.20 Å². The van der Waals surface area contributed by atoms with Gasteiger partial charge in [-0.15, -0.1) is 11.3 Å². The third-order valence-electron chi connectivity index (χ3n) is 3.19. The molecule has 94 valence electrons. The van der Waals surface area contributed by atoms with Gasteiger partial charge in [-0.05, 0) is 19.4 Å². The number of aryl methyl sites for hydroxylation is 1. The van der Waals surface area contributed by atoms with Crippen LogP contribution >= 0.6 is 11.3 Å². The van der Waals surface area contributed by atoms with Crippen LogP contribution in [0.15, 0.2) is 23.8 Å². The van der Waals surface area contributed by atoms with Crippen molar-refractivity contribution in [2.24, 2.45) is 0 Å². The van der Waals surface area contributed by atoms with Gasteiger partial charge in [0.1, 0.15) is 5.69 Å². The number of carbonyl (C=O) groups excluding carboxylic acids is 1. The number of nitrogens with zero attached hydrogens (tertiary/aromatic N) is 4. The lowest BCUT2D eigenvalue weighted by Crippen LogP contribution is -2.29. The van der Waals surface area contributed by atoms with Gasteiger partial charge < -0.3 is 4.90 Å². The van der Waals surface area contributed by atoms with Gasteiger partial charge >= 0.3 is 0 Å². The third kappa shape index (κ3) is 2.03. The summed E-state index contributed by atoms with van der Waals surface area (Å²) in [6, 6.07) is 2.21. The number of aromatic nitrogens is 3. The SMILES string of the molecule is Cc1nc(C(=O)N2CCC(n3cccn3)C2)cs1. The number of hydrogen-bond donors (Lipinski definition) is 0. The van der Waals surface area contributed by atoms with E-state index in [2.05, 4.69) is 10.1 Å². The van der Waals surface area contributed by atoms with E-state index in [9.17, 15) is 4.79 Å². The maximum atomic E-state index is 12.2. The molecule has 1 amide bonds. The molecule has 0 aromatic carbocycles. The van der Waals surface area contributed by atoms with E-state index >= 15 is 0 Å². The summed E-state index contributed by atoms with van der Waals surface area (Å²) in [4.78, 5) is 18.3. The number of likely N-dealkylation sites (tertiary alicyclic amines) is 1. The molecular weight excluding hydrogens is 248 g/mol. The van der Waals surface area contributed by atoms with Crippen LogP contribution in [-0.2, 0) is 0 Å². The molecule has 0 spiro atoms. The molecule has 5 nitrogen and oxygen atoms in total. The van der Waals surface area contributed by atoms with E-state index < -0.39 is 0 Å². The summed E-state index contributed by atoms with van der Waals surface area (Å²) in [5.74, 6) is 0.0361. The Hall–Kier alpha value is -1.69. The fourth-order valence-corrected chi connectivity index (χ4v) is 2.85. The molecule has 6 heteroatoms. The number of hydrogen-bond acceptors (Lipinski definition) is 4. The first-order chi connectivity index (χ1) is 8.74.